The van der Waals surface area contributed by atoms with Crippen molar-refractivity contribution in [1.29, 1.82) is 0 Å². The summed E-state index contributed by atoms with van der Waals surface area (Å²) in [5.74, 6) is 1.77. The number of piperidine rings is 1. The maximum Gasteiger partial charge on any atom is 0.336 e. The minimum absolute atomic E-state index is 0.0131. The van der Waals surface area contributed by atoms with Crippen molar-refractivity contribution in [1.82, 2.24) is 4.90 Å². The molecule has 1 aromatic heterocycles. The number of carbonyl (C=O) groups is 1. The van der Waals surface area contributed by atoms with Gasteiger partial charge in [-0.3, -0.25) is 4.79 Å². The molecule has 2 heterocycles. The molecule has 1 aliphatic carbocycles. The number of aryl methyl sites for hydroxylation is 1. The highest BCUT2D eigenvalue weighted by Crippen LogP contribution is 2.36. The van der Waals surface area contributed by atoms with E-state index in [-0.39, 0.29) is 12.5 Å². The first-order chi connectivity index (χ1) is 13.0. The van der Waals surface area contributed by atoms with Crippen LogP contribution in [0.4, 0.5) is 0 Å². The Kier molecular flexibility index (Phi) is 5.13. The normalized spacial score (nSPS) is 22.5. The molecule has 1 aliphatic heterocycles. The van der Waals surface area contributed by atoms with Gasteiger partial charge in [0, 0.05) is 30.6 Å². The second-order valence-electron chi connectivity index (χ2n) is 7.75. The molecule has 1 amide bonds. The third-order valence-electron chi connectivity index (χ3n) is 6.00. The van der Waals surface area contributed by atoms with Gasteiger partial charge in [-0.05, 0) is 43.2 Å². The summed E-state index contributed by atoms with van der Waals surface area (Å²) >= 11 is 6.31. The zero-order valence-corrected chi connectivity index (χ0v) is 16.3. The van der Waals surface area contributed by atoms with Crippen LogP contribution < -0.4 is 10.4 Å². The summed E-state index contributed by atoms with van der Waals surface area (Å²) in [5.41, 5.74) is 0.788. The molecule has 27 heavy (non-hydrogen) atoms. The van der Waals surface area contributed by atoms with Crippen LogP contribution in [0, 0.1) is 18.8 Å². The van der Waals surface area contributed by atoms with Gasteiger partial charge in [-0.25, -0.2) is 4.79 Å². The lowest BCUT2D eigenvalue weighted by Gasteiger charge is -2.41. The molecule has 0 N–H and O–H groups in total. The Labute approximate surface area is 163 Å². The molecule has 0 bridgehead atoms. The maximum absolute atomic E-state index is 12.6. The predicted molar refractivity (Wildman–Crippen MR) is 104 cm³/mol. The third-order valence-corrected chi connectivity index (χ3v) is 6.29. The summed E-state index contributed by atoms with van der Waals surface area (Å²) in [7, 11) is 0. The monoisotopic (exact) mass is 389 g/mol. The number of likely N-dealkylation sites (tertiary alicyclic amines) is 1. The average Bonchev–Trinajstić information content (AvgIpc) is 2.66. The molecule has 2 aliphatic rings. The van der Waals surface area contributed by atoms with E-state index in [1.807, 2.05) is 11.8 Å². The van der Waals surface area contributed by atoms with Crippen LogP contribution in [0.5, 0.6) is 5.75 Å². The zero-order valence-electron chi connectivity index (χ0n) is 15.5. The summed E-state index contributed by atoms with van der Waals surface area (Å²) in [6.45, 7) is 3.42. The van der Waals surface area contributed by atoms with E-state index < -0.39 is 5.63 Å². The van der Waals surface area contributed by atoms with Gasteiger partial charge < -0.3 is 14.1 Å². The van der Waals surface area contributed by atoms with Crippen LogP contribution in [0.15, 0.2) is 27.4 Å². The molecule has 4 rings (SSSR count). The van der Waals surface area contributed by atoms with Gasteiger partial charge >= 0.3 is 5.63 Å². The molecule has 5 nitrogen and oxygen atoms in total. The lowest BCUT2D eigenvalue weighted by molar-refractivity contribution is -0.136. The van der Waals surface area contributed by atoms with Crippen molar-refractivity contribution in [3.05, 3.63) is 39.2 Å². The van der Waals surface area contributed by atoms with Gasteiger partial charge in [-0.15, -0.1) is 0 Å². The van der Waals surface area contributed by atoms with E-state index in [4.69, 9.17) is 20.8 Å². The Morgan fingerprint density at radius 2 is 2.00 bits per heavy atom. The fourth-order valence-corrected chi connectivity index (χ4v) is 4.71. The van der Waals surface area contributed by atoms with Gasteiger partial charge in [0.25, 0.3) is 5.91 Å². The Balaban J connectivity index is 1.44. The van der Waals surface area contributed by atoms with Crippen LogP contribution in [0.1, 0.15) is 37.7 Å². The van der Waals surface area contributed by atoms with E-state index in [0.29, 0.717) is 22.3 Å². The highest BCUT2D eigenvalue weighted by atomic mass is 35.5. The first-order valence-corrected chi connectivity index (χ1v) is 10.0. The first kappa shape index (κ1) is 18.4. The third kappa shape index (κ3) is 3.84. The first-order valence-electron chi connectivity index (χ1n) is 9.66. The van der Waals surface area contributed by atoms with Crippen molar-refractivity contribution in [2.24, 2.45) is 11.8 Å². The van der Waals surface area contributed by atoms with Crippen LogP contribution in [-0.4, -0.2) is 30.5 Å². The van der Waals surface area contributed by atoms with Crippen molar-refractivity contribution >= 4 is 28.5 Å². The van der Waals surface area contributed by atoms with Crippen LogP contribution in [0.25, 0.3) is 11.0 Å². The summed E-state index contributed by atoms with van der Waals surface area (Å²) in [6.07, 6.45) is 6.23. The van der Waals surface area contributed by atoms with E-state index in [0.717, 1.165) is 36.4 Å². The highest BCUT2D eigenvalue weighted by Gasteiger charge is 2.33. The van der Waals surface area contributed by atoms with Crippen molar-refractivity contribution in [2.75, 3.05) is 19.7 Å². The van der Waals surface area contributed by atoms with E-state index in [1.54, 1.807) is 12.1 Å². The second kappa shape index (κ2) is 7.55. The number of hydrogen-bond donors (Lipinski definition) is 0. The predicted octanol–water partition coefficient (Wildman–Crippen LogP) is 4.17. The fourth-order valence-electron chi connectivity index (χ4n) is 4.49. The summed E-state index contributed by atoms with van der Waals surface area (Å²) < 4.78 is 10.9. The van der Waals surface area contributed by atoms with Crippen molar-refractivity contribution in [3.63, 3.8) is 0 Å². The van der Waals surface area contributed by atoms with Crippen LogP contribution >= 0.6 is 11.6 Å². The molecular formula is C21H24ClNO4. The Morgan fingerprint density at radius 1 is 1.22 bits per heavy atom. The summed E-state index contributed by atoms with van der Waals surface area (Å²) in [6, 6.07) is 4.73. The van der Waals surface area contributed by atoms with Crippen molar-refractivity contribution in [2.45, 2.75) is 39.0 Å². The minimum atomic E-state index is -0.417. The Hall–Kier alpha value is -2.01. The van der Waals surface area contributed by atoms with Gasteiger partial charge in [-0.2, -0.15) is 0 Å². The average molecular weight is 390 g/mol. The topological polar surface area (TPSA) is 59.8 Å². The van der Waals surface area contributed by atoms with E-state index in [9.17, 15) is 9.59 Å². The van der Waals surface area contributed by atoms with Crippen LogP contribution in [0.3, 0.4) is 0 Å². The number of ether oxygens (including phenoxy) is 1. The number of carbonyl (C=O) groups excluding carboxylic acids is 1. The van der Waals surface area contributed by atoms with Crippen LogP contribution in [-0.2, 0) is 4.79 Å². The molecule has 1 saturated carbocycles. The fraction of sp³-hybridized carbons (Fsp3) is 0.524. The second-order valence-corrected chi connectivity index (χ2v) is 8.16. The molecular weight excluding hydrogens is 366 g/mol. The molecule has 1 saturated heterocycles. The van der Waals surface area contributed by atoms with E-state index in [2.05, 4.69) is 0 Å². The molecule has 6 heteroatoms. The number of benzene rings is 1. The lowest BCUT2D eigenvalue weighted by atomic mass is 9.75. The van der Waals surface area contributed by atoms with Gasteiger partial charge in [0.05, 0.1) is 5.02 Å². The van der Waals surface area contributed by atoms with Gasteiger partial charge in [0.2, 0.25) is 0 Å². The molecule has 0 radical (unpaired) electrons. The van der Waals surface area contributed by atoms with E-state index >= 15 is 0 Å². The Bertz CT molecular complexity index is 922. The molecule has 0 spiro atoms. The van der Waals surface area contributed by atoms with E-state index in [1.165, 1.54) is 31.7 Å². The van der Waals surface area contributed by atoms with Crippen molar-refractivity contribution < 1.29 is 13.9 Å². The quantitative estimate of drug-likeness (QED) is 0.739. The molecule has 0 unspecified atom stereocenters. The van der Waals surface area contributed by atoms with Gasteiger partial charge in [0.15, 0.2) is 6.61 Å². The minimum Gasteiger partial charge on any atom is -0.482 e. The smallest absolute Gasteiger partial charge is 0.336 e. The summed E-state index contributed by atoms with van der Waals surface area (Å²) in [4.78, 5) is 26.1. The Morgan fingerprint density at radius 3 is 2.81 bits per heavy atom. The SMILES string of the molecule is Cc1cc(=O)oc2cc(OCC(=O)N3CC[C@@H]4CCCC[C@H]4C3)c(Cl)cc12. The van der Waals surface area contributed by atoms with Gasteiger partial charge in [0.1, 0.15) is 11.3 Å². The standard InChI is InChI=1S/C21H24ClNO4/c1-13-8-21(25)27-18-10-19(17(22)9-16(13)18)26-12-20(24)23-7-6-14-4-2-3-5-15(14)11-23/h8-10,14-15H,2-7,11-12H2,1H3/t14-,15-/m0/s1. The zero-order chi connectivity index (χ0) is 19.0. The molecule has 1 aromatic carbocycles. The molecule has 144 valence electrons. The molecule has 2 aromatic rings. The van der Waals surface area contributed by atoms with Crippen molar-refractivity contribution in [3.8, 4) is 5.75 Å². The number of fused-ring (bicyclic) bond motifs is 2. The maximum atomic E-state index is 12.6. The molecule has 2 fully saturated rings. The van der Waals surface area contributed by atoms with Gasteiger partial charge in [-0.1, -0.05) is 30.9 Å². The highest BCUT2D eigenvalue weighted by molar-refractivity contribution is 6.32. The lowest BCUT2D eigenvalue weighted by Crippen LogP contribution is -2.46. The number of amides is 1. The number of nitrogens with zero attached hydrogens (tertiary/aromatic N) is 1. The number of halogens is 1. The van der Waals surface area contributed by atoms with Crippen LogP contribution in [0.2, 0.25) is 5.02 Å². The number of hydrogen-bond acceptors (Lipinski definition) is 4. The summed E-state index contributed by atoms with van der Waals surface area (Å²) in [5, 5.41) is 1.16. The largest absolute Gasteiger partial charge is 0.482 e. The number of rotatable bonds is 3. The molecule has 2 atom stereocenters.